The van der Waals surface area contributed by atoms with Crippen molar-refractivity contribution in [3.05, 3.63) is 22.4 Å². The molecule has 1 aliphatic carbocycles. The van der Waals surface area contributed by atoms with Crippen LogP contribution in [0.1, 0.15) is 37.5 Å². The van der Waals surface area contributed by atoms with Gasteiger partial charge in [0.2, 0.25) is 0 Å². The second-order valence-corrected chi connectivity index (χ2v) is 6.42. The molecule has 1 fully saturated rings. The van der Waals surface area contributed by atoms with E-state index < -0.39 is 0 Å². The summed E-state index contributed by atoms with van der Waals surface area (Å²) in [6, 6.07) is 4.29. The number of nitrogens with one attached hydrogen (secondary N) is 2. The van der Waals surface area contributed by atoms with E-state index in [1.807, 2.05) is 18.4 Å². The molecule has 1 saturated carbocycles. The van der Waals surface area contributed by atoms with Gasteiger partial charge in [0.25, 0.3) is 0 Å². The molecule has 2 N–H and O–H groups in total. The lowest BCUT2D eigenvalue weighted by atomic mass is 9.67. The van der Waals surface area contributed by atoms with E-state index in [9.17, 15) is 0 Å². The van der Waals surface area contributed by atoms with Crippen LogP contribution < -0.4 is 10.6 Å². The Morgan fingerprint density at radius 1 is 1.40 bits per heavy atom. The van der Waals surface area contributed by atoms with Gasteiger partial charge in [0.1, 0.15) is 0 Å². The van der Waals surface area contributed by atoms with Gasteiger partial charge in [-0.05, 0) is 42.5 Å². The van der Waals surface area contributed by atoms with Crippen molar-refractivity contribution in [1.82, 2.24) is 10.6 Å². The maximum atomic E-state index is 4.30. The molecule has 20 heavy (non-hydrogen) atoms. The van der Waals surface area contributed by atoms with Gasteiger partial charge < -0.3 is 10.6 Å². The molecule has 0 aromatic carbocycles. The van der Waals surface area contributed by atoms with Crippen molar-refractivity contribution in [3.63, 3.8) is 0 Å². The third kappa shape index (κ3) is 4.91. The van der Waals surface area contributed by atoms with Crippen LogP contribution in [-0.2, 0) is 6.42 Å². The molecule has 1 aromatic heterocycles. The van der Waals surface area contributed by atoms with E-state index >= 15 is 0 Å². The van der Waals surface area contributed by atoms with Crippen molar-refractivity contribution in [2.45, 2.75) is 39.0 Å². The number of nitrogens with zero attached hydrogens (tertiary/aromatic N) is 1. The molecule has 1 aromatic rings. The fraction of sp³-hybridized carbons (Fsp3) is 0.667. The molecule has 0 bridgehead atoms. The van der Waals surface area contributed by atoms with Crippen LogP contribution in [0, 0.1) is 5.41 Å². The molecule has 114 valence electrons. The molecule has 0 radical (unpaired) electrons. The van der Waals surface area contributed by atoms with Crippen molar-refractivity contribution in [1.29, 1.82) is 0 Å². The maximum absolute atomic E-state index is 4.30. The minimum Gasteiger partial charge on any atom is -0.356 e. The first-order valence-electron chi connectivity index (χ1n) is 7.25. The van der Waals surface area contributed by atoms with Crippen LogP contribution in [0.2, 0.25) is 0 Å². The van der Waals surface area contributed by atoms with Crippen molar-refractivity contribution in [3.8, 4) is 0 Å². The lowest BCUT2D eigenvalue weighted by Crippen LogP contribution is -2.46. The molecule has 0 amide bonds. The summed E-state index contributed by atoms with van der Waals surface area (Å²) < 4.78 is 0. The molecule has 2 rings (SSSR count). The quantitative estimate of drug-likeness (QED) is 0.429. The fourth-order valence-corrected chi connectivity index (χ4v) is 3.29. The third-order valence-electron chi connectivity index (χ3n) is 4.26. The smallest absolute Gasteiger partial charge is 0.191 e. The Balaban J connectivity index is 0.00000200. The Bertz CT molecular complexity index is 394. The number of hydrogen-bond donors (Lipinski definition) is 2. The van der Waals surface area contributed by atoms with E-state index in [1.54, 1.807) is 0 Å². The lowest BCUT2D eigenvalue weighted by Gasteiger charge is -2.41. The van der Waals surface area contributed by atoms with E-state index in [1.165, 1.54) is 30.6 Å². The number of hydrogen-bond acceptors (Lipinski definition) is 2. The van der Waals surface area contributed by atoms with Gasteiger partial charge in [0.05, 0.1) is 0 Å². The van der Waals surface area contributed by atoms with E-state index in [-0.39, 0.29) is 24.0 Å². The van der Waals surface area contributed by atoms with E-state index in [0.717, 1.165) is 25.5 Å². The molecule has 0 aliphatic heterocycles. The molecular weight excluding hydrogens is 381 g/mol. The highest BCUT2D eigenvalue weighted by atomic mass is 127. The van der Waals surface area contributed by atoms with Gasteiger partial charge in [-0.2, -0.15) is 0 Å². The van der Waals surface area contributed by atoms with Crippen LogP contribution in [0.5, 0.6) is 0 Å². The molecule has 1 aliphatic rings. The van der Waals surface area contributed by atoms with E-state index in [0.29, 0.717) is 5.41 Å². The average molecular weight is 407 g/mol. The summed E-state index contributed by atoms with van der Waals surface area (Å²) in [6.07, 6.45) is 6.45. The number of thiophene rings is 1. The summed E-state index contributed by atoms with van der Waals surface area (Å²) in [7, 11) is 1.85. The zero-order valence-electron chi connectivity index (χ0n) is 12.4. The molecule has 0 unspecified atom stereocenters. The summed E-state index contributed by atoms with van der Waals surface area (Å²) in [5.41, 5.74) is 0.533. The van der Waals surface area contributed by atoms with Gasteiger partial charge >= 0.3 is 0 Å². The molecule has 3 nitrogen and oxygen atoms in total. The van der Waals surface area contributed by atoms with Gasteiger partial charge in [-0.3, -0.25) is 4.99 Å². The largest absolute Gasteiger partial charge is 0.356 e. The molecule has 0 spiro atoms. The predicted molar refractivity (Wildman–Crippen MR) is 99.4 cm³/mol. The molecular formula is C15H26IN3S. The van der Waals surface area contributed by atoms with E-state index in [2.05, 4.69) is 40.1 Å². The summed E-state index contributed by atoms with van der Waals surface area (Å²) in [4.78, 5) is 5.72. The zero-order chi connectivity index (χ0) is 13.6. The van der Waals surface area contributed by atoms with Gasteiger partial charge in [-0.1, -0.05) is 19.4 Å². The molecule has 0 saturated heterocycles. The summed E-state index contributed by atoms with van der Waals surface area (Å²) in [5, 5.41) is 9.01. The van der Waals surface area contributed by atoms with Crippen LogP contribution in [-0.4, -0.2) is 26.1 Å². The Hall–Kier alpha value is -0.300. The Labute approximate surface area is 143 Å². The number of aliphatic imine (C=N–C) groups is 1. The highest BCUT2D eigenvalue weighted by Gasteiger charge is 2.34. The second kappa shape index (κ2) is 8.87. The van der Waals surface area contributed by atoms with Crippen molar-refractivity contribution >= 4 is 41.3 Å². The van der Waals surface area contributed by atoms with Crippen LogP contribution in [0.15, 0.2) is 22.5 Å². The van der Waals surface area contributed by atoms with Crippen molar-refractivity contribution < 1.29 is 0 Å². The Kier molecular flexibility index (Phi) is 7.87. The summed E-state index contributed by atoms with van der Waals surface area (Å²) in [5.74, 6) is 0.941. The Morgan fingerprint density at radius 2 is 2.20 bits per heavy atom. The fourth-order valence-electron chi connectivity index (χ4n) is 2.58. The third-order valence-corrected chi connectivity index (χ3v) is 5.20. The summed E-state index contributed by atoms with van der Waals surface area (Å²) >= 11 is 1.82. The lowest BCUT2D eigenvalue weighted by molar-refractivity contribution is 0.131. The maximum Gasteiger partial charge on any atom is 0.191 e. The van der Waals surface area contributed by atoms with Gasteiger partial charge in [0.15, 0.2) is 5.96 Å². The highest BCUT2D eigenvalue weighted by Crippen LogP contribution is 2.42. The minimum absolute atomic E-state index is 0. The first-order valence-corrected chi connectivity index (χ1v) is 8.13. The van der Waals surface area contributed by atoms with Crippen molar-refractivity contribution in [2.75, 3.05) is 20.1 Å². The minimum atomic E-state index is 0. The first-order chi connectivity index (χ1) is 9.28. The predicted octanol–water partition coefficient (Wildman–Crippen LogP) is 3.65. The number of halogens is 1. The molecule has 0 atom stereocenters. The van der Waals surface area contributed by atoms with Gasteiger partial charge in [0, 0.05) is 25.0 Å². The number of rotatable bonds is 6. The van der Waals surface area contributed by atoms with Gasteiger partial charge in [-0.15, -0.1) is 35.3 Å². The topological polar surface area (TPSA) is 36.4 Å². The van der Waals surface area contributed by atoms with Crippen LogP contribution in [0.4, 0.5) is 0 Å². The van der Waals surface area contributed by atoms with Crippen LogP contribution >= 0.6 is 35.3 Å². The van der Waals surface area contributed by atoms with E-state index in [4.69, 9.17) is 0 Å². The zero-order valence-corrected chi connectivity index (χ0v) is 15.6. The highest BCUT2D eigenvalue weighted by molar-refractivity contribution is 14.0. The standard InChI is InChI=1S/C15H25N3S.HI/c1-3-15(8-5-9-15)12-18-14(16-2)17-10-7-13-6-4-11-19-13;/h4,6,11H,3,5,7-10,12H2,1-2H3,(H2,16,17,18);1H. The first kappa shape index (κ1) is 17.8. The Morgan fingerprint density at radius 3 is 2.70 bits per heavy atom. The number of guanidine groups is 1. The van der Waals surface area contributed by atoms with Crippen LogP contribution in [0.25, 0.3) is 0 Å². The normalized spacial score (nSPS) is 17.0. The molecule has 1 heterocycles. The molecule has 5 heteroatoms. The second-order valence-electron chi connectivity index (χ2n) is 5.39. The monoisotopic (exact) mass is 407 g/mol. The van der Waals surface area contributed by atoms with Crippen LogP contribution in [0.3, 0.4) is 0 Å². The SMILES string of the molecule is CCC1(CNC(=NC)NCCc2cccs2)CCC1.I. The van der Waals surface area contributed by atoms with Gasteiger partial charge in [-0.25, -0.2) is 0 Å². The van der Waals surface area contributed by atoms with Crippen molar-refractivity contribution in [2.24, 2.45) is 10.4 Å². The average Bonchev–Trinajstić information content (AvgIpc) is 2.89. The summed E-state index contributed by atoms with van der Waals surface area (Å²) in [6.45, 7) is 4.30.